The molecule has 4 heteroatoms. The van der Waals surface area contributed by atoms with Crippen LogP contribution in [0.2, 0.25) is 0 Å². The monoisotopic (exact) mass is 255 g/mol. The van der Waals surface area contributed by atoms with Gasteiger partial charge in [0.05, 0.1) is 0 Å². The predicted molar refractivity (Wildman–Crippen MR) is 69.3 cm³/mol. The molecule has 0 aromatic heterocycles. The Kier molecular flexibility index (Phi) is 3.58. The molecule has 4 nitrogen and oxygen atoms in total. The zero-order valence-electron chi connectivity index (χ0n) is 12.0. The van der Waals surface area contributed by atoms with E-state index in [9.17, 15) is 4.79 Å². The molecule has 1 unspecified atom stereocenters. The molecule has 0 N–H and O–H groups in total. The molecule has 2 aliphatic rings. The second-order valence-corrected chi connectivity index (χ2v) is 6.58. The van der Waals surface area contributed by atoms with Gasteiger partial charge in [-0.05, 0) is 40.0 Å². The zero-order chi connectivity index (χ0) is 13.4. The van der Waals surface area contributed by atoms with Crippen molar-refractivity contribution in [2.24, 2.45) is 5.41 Å². The molecule has 0 aromatic carbocycles. The van der Waals surface area contributed by atoms with E-state index in [1.807, 2.05) is 20.8 Å². The molecular formula is C14H25NO3. The summed E-state index contributed by atoms with van der Waals surface area (Å²) in [5, 5.41) is 0. The maximum absolute atomic E-state index is 12.2. The van der Waals surface area contributed by atoms with Crippen LogP contribution in [0.15, 0.2) is 0 Å². The van der Waals surface area contributed by atoms with Gasteiger partial charge in [-0.2, -0.15) is 0 Å². The number of carbonyl (C=O) groups excluding carboxylic acids is 1. The van der Waals surface area contributed by atoms with Gasteiger partial charge in [-0.15, -0.1) is 0 Å². The Bertz CT molecular complexity index is 315. The summed E-state index contributed by atoms with van der Waals surface area (Å²) in [7, 11) is 1.70. The third-order valence-corrected chi connectivity index (χ3v) is 4.11. The Morgan fingerprint density at radius 1 is 1.22 bits per heavy atom. The van der Waals surface area contributed by atoms with Crippen molar-refractivity contribution in [1.82, 2.24) is 4.90 Å². The highest BCUT2D eigenvalue weighted by Gasteiger charge is 2.51. The maximum Gasteiger partial charge on any atom is 0.412 e. The predicted octanol–water partition coefficient (Wildman–Crippen LogP) is 3.16. The molecule has 1 aliphatic heterocycles. The molecule has 0 radical (unpaired) electrons. The van der Waals surface area contributed by atoms with Gasteiger partial charge in [0.1, 0.15) is 11.8 Å². The standard InChI is InChI=1S/C14H25NO3/c1-13(2,3)18-12(16)15-10-9-14(11(15)17-4)7-5-6-8-14/h11H,5-10H2,1-4H3. The lowest BCUT2D eigenvalue weighted by molar-refractivity contribution is -0.0749. The van der Waals surface area contributed by atoms with Gasteiger partial charge in [0.15, 0.2) is 0 Å². The van der Waals surface area contributed by atoms with Gasteiger partial charge in [0, 0.05) is 19.1 Å². The molecule has 2 rings (SSSR count). The number of carbonyl (C=O) groups is 1. The lowest BCUT2D eigenvalue weighted by Crippen LogP contribution is -2.45. The van der Waals surface area contributed by atoms with Gasteiger partial charge in [-0.3, -0.25) is 4.90 Å². The summed E-state index contributed by atoms with van der Waals surface area (Å²) in [5.41, 5.74) is -0.257. The number of hydrogen-bond acceptors (Lipinski definition) is 3. The average molecular weight is 255 g/mol. The minimum atomic E-state index is -0.444. The zero-order valence-corrected chi connectivity index (χ0v) is 12.0. The van der Waals surface area contributed by atoms with Crippen molar-refractivity contribution < 1.29 is 14.3 Å². The van der Waals surface area contributed by atoms with Gasteiger partial charge >= 0.3 is 6.09 Å². The number of methoxy groups -OCH3 is 1. The Morgan fingerprint density at radius 3 is 2.33 bits per heavy atom. The Balaban J connectivity index is 2.08. The number of nitrogens with zero attached hydrogens (tertiary/aromatic N) is 1. The molecule has 104 valence electrons. The fourth-order valence-corrected chi connectivity index (χ4v) is 3.38. The van der Waals surface area contributed by atoms with E-state index in [0.29, 0.717) is 0 Å². The lowest BCUT2D eigenvalue weighted by atomic mass is 9.84. The van der Waals surface area contributed by atoms with Crippen LogP contribution in [0.4, 0.5) is 4.79 Å². The second kappa shape index (κ2) is 4.72. The lowest BCUT2D eigenvalue weighted by Gasteiger charge is -2.34. The van der Waals surface area contributed by atoms with Gasteiger partial charge in [0.2, 0.25) is 0 Å². The smallest absolute Gasteiger partial charge is 0.412 e. The summed E-state index contributed by atoms with van der Waals surface area (Å²) < 4.78 is 11.1. The number of ether oxygens (including phenoxy) is 2. The van der Waals surface area contributed by atoms with Crippen molar-refractivity contribution >= 4 is 6.09 Å². The van der Waals surface area contributed by atoms with E-state index in [2.05, 4.69) is 0 Å². The molecule has 1 saturated carbocycles. The summed E-state index contributed by atoms with van der Waals surface area (Å²) in [4.78, 5) is 14.0. The van der Waals surface area contributed by atoms with Gasteiger partial charge < -0.3 is 9.47 Å². The van der Waals surface area contributed by atoms with Crippen LogP contribution in [0.5, 0.6) is 0 Å². The first-order valence-electron chi connectivity index (χ1n) is 6.90. The van der Waals surface area contributed by atoms with Crippen molar-refractivity contribution in [2.75, 3.05) is 13.7 Å². The normalized spacial score (nSPS) is 26.9. The fourth-order valence-electron chi connectivity index (χ4n) is 3.38. The number of likely N-dealkylation sites (tertiary alicyclic amines) is 1. The number of hydrogen-bond donors (Lipinski definition) is 0. The van der Waals surface area contributed by atoms with Crippen LogP contribution < -0.4 is 0 Å². The molecule has 1 heterocycles. The maximum atomic E-state index is 12.2. The third-order valence-electron chi connectivity index (χ3n) is 4.11. The van der Waals surface area contributed by atoms with E-state index in [1.165, 1.54) is 25.7 Å². The highest BCUT2D eigenvalue weighted by molar-refractivity contribution is 5.69. The molecule has 18 heavy (non-hydrogen) atoms. The van der Waals surface area contributed by atoms with Gasteiger partial charge in [0.25, 0.3) is 0 Å². The highest BCUT2D eigenvalue weighted by Crippen LogP contribution is 2.50. The van der Waals surface area contributed by atoms with Crippen molar-refractivity contribution in [1.29, 1.82) is 0 Å². The van der Waals surface area contributed by atoms with Crippen LogP contribution in [0.1, 0.15) is 52.9 Å². The molecule has 0 aromatic rings. The van der Waals surface area contributed by atoms with Crippen molar-refractivity contribution in [3.05, 3.63) is 0 Å². The topological polar surface area (TPSA) is 38.8 Å². The molecule has 1 amide bonds. The average Bonchev–Trinajstić information content (AvgIpc) is 2.84. The van der Waals surface area contributed by atoms with E-state index < -0.39 is 5.60 Å². The SMILES string of the molecule is COC1N(C(=O)OC(C)(C)C)CCC12CCCC2. The van der Waals surface area contributed by atoms with E-state index in [1.54, 1.807) is 12.0 Å². The summed E-state index contributed by atoms with van der Waals surface area (Å²) >= 11 is 0. The van der Waals surface area contributed by atoms with Crippen molar-refractivity contribution in [3.63, 3.8) is 0 Å². The van der Waals surface area contributed by atoms with Gasteiger partial charge in [-0.25, -0.2) is 4.79 Å². The van der Waals surface area contributed by atoms with Crippen LogP contribution in [0.25, 0.3) is 0 Å². The number of amides is 1. The molecule has 1 atom stereocenters. The molecule has 1 saturated heterocycles. The molecule has 1 aliphatic carbocycles. The van der Waals surface area contributed by atoms with Crippen LogP contribution in [-0.4, -0.2) is 36.5 Å². The first-order valence-corrected chi connectivity index (χ1v) is 6.90. The van der Waals surface area contributed by atoms with E-state index >= 15 is 0 Å². The Hall–Kier alpha value is -0.770. The van der Waals surface area contributed by atoms with E-state index in [4.69, 9.17) is 9.47 Å². The highest BCUT2D eigenvalue weighted by atomic mass is 16.6. The molecule has 2 fully saturated rings. The van der Waals surface area contributed by atoms with Crippen LogP contribution in [-0.2, 0) is 9.47 Å². The second-order valence-electron chi connectivity index (χ2n) is 6.58. The molecule has 1 spiro atoms. The van der Waals surface area contributed by atoms with Crippen molar-refractivity contribution in [2.45, 2.75) is 64.7 Å². The van der Waals surface area contributed by atoms with Gasteiger partial charge in [-0.1, -0.05) is 12.8 Å². The first kappa shape index (κ1) is 13.7. The summed E-state index contributed by atoms with van der Waals surface area (Å²) in [6.07, 6.45) is 5.55. The summed E-state index contributed by atoms with van der Waals surface area (Å²) in [6, 6.07) is 0. The first-order chi connectivity index (χ1) is 8.38. The summed E-state index contributed by atoms with van der Waals surface area (Å²) in [5.74, 6) is 0. The fraction of sp³-hybridized carbons (Fsp3) is 0.929. The van der Waals surface area contributed by atoms with Crippen LogP contribution in [0.3, 0.4) is 0 Å². The number of rotatable bonds is 1. The van der Waals surface area contributed by atoms with Crippen LogP contribution in [0, 0.1) is 5.41 Å². The van der Waals surface area contributed by atoms with Crippen LogP contribution >= 0.6 is 0 Å². The quantitative estimate of drug-likeness (QED) is 0.722. The van der Waals surface area contributed by atoms with E-state index in [0.717, 1.165) is 13.0 Å². The Morgan fingerprint density at radius 2 is 1.83 bits per heavy atom. The van der Waals surface area contributed by atoms with E-state index in [-0.39, 0.29) is 17.7 Å². The largest absolute Gasteiger partial charge is 0.444 e. The molecule has 0 bridgehead atoms. The third kappa shape index (κ3) is 2.48. The minimum absolute atomic E-state index is 0.102. The van der Waals surface area contributed by atoms with Crippen molar-refractivity contribution in [3.8, 4) is 0 Å². The Labute approximate surface area is 110 Å². The summed E-state index contributed by atoms with van der Waals surface area (Å²) in [6.45, 7) is 6.45. The minimum Gasteiger partial charge on any atom is -0.444 e. The molecular weight excluding hydrogens is 230 g/mol.